The van der Waals surface area contributed by atoms with E-state index in [1.54, 1.807) is 12.3 Å². The topological polar surface area (TPSA) is 51.8 Å². The zero-order valence-corrected chi connectivity index (χ0v) is 33.6. The Morgan fingerprint density at radius 3 is 2.46 bits per heavy atom. The molecule has 0 N–H and O–H groups in total. The number of rotatable bonds is 6. The first kappa shape index (κ1) is 30.2. The molecule has 6 heteroatoms. The second kappa shape index (κ2) is 15.8. The fourth-order valence-corrected chi connectivity index (χ4v) is 8.05. The number of hydrogen-bond donors (Lipinski definition) is 0. The molecule has 4 nitrogen and oxygen atoms in total. The number of hydrogen-bond acceptors (Lipinski definition) is 4. The van der Waals surface area contributed by atoms with Gasteiger partial charge in [-0.3, -0.25) is 0 Å². The minimum absolute atomic E-state index is 0. The van der Waals surface area contributed by atoms with Gasteiger partial charge in [-0.05, 0) is 78.1 Å². The van der Waals surface area contributed by atoms with Gasteiger partial charge in [0.05, 0.1) is 13.7 Å². The molecular formula is C44H51IrN3OSi-2. The Labute approximate surface area is 322 Å². The number of nitrogens with zero attached hydrogens (tertiary/aromatic N) is 3. The molecule has 7 rings (SSSR count). The summed E-state index contributed by atoms with van der Waals surface area (Å²) < 4.78 is 55.5. The van der Waals surface area contributed by atoms with Gasteiger partial charge in [0.2, 0.25) is 5.71 Å². The van der Waals surface area contributed by atoms with Gasteiger partial charge in [-0.2, -0.15) is 0 Å². The molecule has 1 fully saturated rings. The van der Waals surface area contributed by atoms with E-state index in [1.165, 1.54) is 25.3 Å². The second-order valence-electron chi connectivity index (χ2n) is 15.2. The molecule has 4 heterocycles. The summed E-state index contributed by atoms with van der Waals surface area (Å²) in [5.41, 5.74) is 5.19. The van der Waals surface area contributed by atoms with Crippen molar-refractivity contribution in [3.05, 3.63) is 108 Å². The van der Waals surface area contributed by atoms with E-state index < -0.39 is 32.6 Å². The number of aromatic nitrogens is 3. The maximum atomic E-state index is 9.13. The van der Waals surface area contributed by atoms with Crippen LogP contribution in [0.15, 0.2) is 83.5 Å². The molecule has 1 unspecified atom stereocenters. The average molecular weight is 864 g/mol. The van der Waals surface area contributed by atoms with E-state index in [4.69, 9.17) is 12.6 Å². The molecule has 0 bridgehead atoms. The maximum absolute atomic E-state index is 9.13. The molecule has 50 heavy (non-hydrogen) atoms. The van der Waals surface area contributed by atoms with Crippen LogP contribution in [0.1, 0.15) is 90.7 Å². The summed E-state index contributed by atoms with van der Waals surface area (Å²) in [6, 6.07) is 27.0. The Hall–Kier alpha value is -3.44. The molecule has 0 spiro atoms. The molecule has 1 aliphatic rings. The monoisotopic (exact) mass is 864 g/mol. The van der Waals surface area contributed by atoms with Crippen molar-refractivity contribution in [2.75, 3.05) is 0 Å². The molecule has 0 amide bonds. The van der Waals surface area contributed by atoms with Crippen molar-refractivity contribution in [1.82, 2.24) is 15.0 Å². The summed E-state index contributed by atoms with van der Waals surface area (Å²) in [6.45, 7) is 12.3. The number of furan rings is 1. The molecule has 1 aliphatic carbocycles. The van der Waals surface area contributed by atoms with Crippen molar-refractivity contribution in [2.45, 2.75) is 98.6 Å². The molecule has 1 saturated carbocycles. The Balaban J connectivity index is 0.000000223. The first-order valence-electron chi connectivity index (χ1n) is 20.4. The molecule has 4 aromatic heterocycles. The smallest absolute Gasteiger partial charge is 0.216 e. The number of benzene rings is 2. The van der Waals surface area contributed by atoms with E-state index in [2.05, 4.69) is 46.7 Å². The van der Waals surface area contributed by atoms with Crippen LogP contribution in [-0.2, 0) is 26.5 Å². The van der Waals surface area contributed by atoms with Crippen LogP contribution in [0, 0.1) is 30.3 Å². The predicted octanol–water partition coefficient (Wildman–Crippen LogP) is 11.5. The Morgan fingerprint density at radius 1 is 0.960 bits per heavy atom. The van der Waals surface area contributed by atoms with Gasteiger partial charge in [-0.25, -0.2) is 4.98 Å². The van der Waals surface area contributed by atoms with Gasteiger partial charge in [-0.1, -0.05) is 101 Å². The summed E-state index contributed by atoms with van der Waals surface area (Å²) in [4.78, 5) is 13.4. The molecule has 1 radical (unpaired) electrons. The van der Waals surface area contributed by atoms with E-state index in [1.807, 2.05) is 88.5 Å². The molecular weight excluding hydrogens is 807 g/mol. The molecule has 2 aromatic carbocycles. The van der Waals surface area contributed by atoms with Gasteiger partial charge in [-0.15, -0.1) is 54.1 Å². The van der Waals surface area contributed by atoms with Crippen LogP contribution in [0.4, 0.5) is 0 Å². The number of fused-ring (bicyclic) bond motifs is 3. The summed E-state index contributed by atoms with van der Waals surface area (Å²) in [6.07, 6.45) is 8.02. The van der Waals surface area contributed by atoms with Crippen molar-refractivity contribution >= 4 is 35.3 Å². The van der Waals surface area contributed by atoms with Crippen LogP contribution in [0.5, 0.6) is 0 Å². The third-order valence-corrected chi connectivity index (χ3v) is 11.2. The van der Waals surface area contributed by atoms with E-state index >= 15 is 0 Å². The standard InChI is InChI=1S/C25H25N2O.C19H26NSi.Ir/c1-16-11-12-21-20-9-6-10-22(24(20)28-25(21)27-16)23-15-19(13-14-26-23)17(2)18-7-4-3-5-8-18;1-19(2,3)13-16-12-17(15-10-8-7-9-11-15)20-14-18(16)21(4,5)6;/h6,9,11-15,17-18H,3-5,7-8H2,1-2H3;7-10,12,14H,13H2,1-6H3;/q2*-1;/i1D3,17D;13D2;. The van der Waals surface area contributed by atoms with Gasteiger partial charge >= 0.3 is 0 Å². The van der Waals surface area contributed by atoms with Crippen molar-refractivity contribution in [3.63, 3.8) is 0 Å². The third kappa shape index (κ3) is 8.88. The van der Waals surface area contributed by atoms with Crippen LogP contribution in [0.2, 0.25) is 19.6 Å². The quantitative estimate of drug-likeness (QED) is 0.124. The molecule has 1 atom stereocenters. The zero-order chi connectivity index (χ0) is 40.0. The van der Waals surface area contributed by atoms with Crippen LogP contribution >= 0.6 is 0 Å². The SMILES string of the molecule is [2H]C([2H])([2H])c1ccc2c(n1)oc1c(-c3cc(C([2H])(C)C4CCCCC4)ccn3)[c-]ccc12.[2H]C([2H])(c1cc(-c2[c-]cccc2)ncc1[Si](C)(C)C)C(C)(C)C.[Ir]. The van der Waals surface area contributed by atoms with Crippen LogP contribution in [0.3, 0.4) is 0 Å². The molecule has 0 aliphatic heterocycles. The van der Waals surface area contributed by atoms with E-state index in [0.29, 0.717) is 22.8 Å². The minimum atomic E-state index is -2.30. The Kier molecular flexibility index (Phi) is 9.57. The van der Waals surface area contributed by atoms with Crippen LogP contribution in [0.25, 0.3) is 44.6 Å². The zero-order valence-electron chi connectivity index (χ0n) is 36.2. The Bertz CT molecular complexity index is 2290. The molecule has 0 saturated heterocycles. The second-order valence-corrected chi connectivity index (χ2v) is 20.2. The first-order chi connectivity index (χ1) is 25.7. The van der Waals surface area contributed by atoms with Crippen molar-refractivity contribution in [1.29, 1.82) is 0 Å². The normalized spacial score (nSPS) is 17.5. The summed E-state index contributed by atoms with van der Waals surface area (Å²) in [5, 5.41) is 2.69. The Morgan fingerprint density at radius 2 is 1.76 bits per heavy atom. The largest absolute Gasteiger partial charge is 0.486 e. The maximum Gasteiger partial charge on any atom is 0.216 e. The predicted molar refractivity (Wildman–Crippen MR) is 208 cm³/mol. The van der Waals surface area contributed by atoms with Crippen molar-refractivity contribution in [2.24, 2.45) is 11.3 Å². The minimum Gasteiger partial charge on any atom is -0.486 e. The first-order valence-corrected chi connectivity index (χ1v) is 20.9. The van der Waals surface area contributed by atoms with Gasteiger partial charge in [0, 0.05) is 51.8 Å². The fourth-order valence-electron chi connectivity index (χ4n) is 6.66. The average Bonchev–Trinajstić information content (AvgIpc) is 3.53. The summed E-state index contributed by atoms with van der Waals surface area (Å²) in [5.74, 6) is -0.351. The third-order valence-electron chi connectivity index (χ3n) is 9.19. The summed E-state index contributed by atoms with van der Waals surface area (Å²) in [7, 11) is -1.70. The van der Waals surface area contributed by atoms with Gasteiger partial charge in [0.1, 0.15) is 0 Å². The van der Waals surface area contributed by atoms with Gasteiger partial charge < -0.3 is 14.4 Å². The van der Waals surface area contributed by atoms with Crippen LogP contribution in [-0.4, -0.2) is 23.0 Å². The number of pyridine rings is 3. The van der Waals surface area contributed by atoms with Crippen molar-refractivity contribution < 1.29 is 32.7 Å². The molecule has 6 aromatic rings. The van der Waals surface area contributed by atoms with E-state index in [-0.39, 0.29) is 31.5 Å². The fraction of sp³-hybridized carbons (Fsp3) is 0.386. The van der Waals surface area contributed by atoms with Gasteiger partial charge in [0.25, 0.3) is 0 Å². The van der Waals surface area contributed by atoms with Gasteiger partial charge in [0.15, 0.2) is 0 Å². The molecule has 263 valence electrons. The summed E-state index contributed by atoms with van der Waals surface area (Å²) >= 11 is 0. The van der Waals surface area contributed by atoms with E-state index in [0.717, 1.165) is 51.2 Å². The van der Waals surface area contributed by atoms with Crippen LogP contribution < -0.4 is 5.19 Å². The number of aryl methyl sites for hydroxylation is 1. The van der Waals surface area contributed by atoms with E-state index in [9.17, 15) is 0 Å². The van der Waals surface area contributed by atoms with Crippen molar-refractivity contribution in [3.8, 4) is 22.5 Å².